The van der Waals surface area contributed by atoms with E-state index < -0.39 is 0 Å². The third kappa shape index (κ3) is 3.52. The molecule has 3 aromatic rings. The van der Waals surface area contributed by atoms with Gasteiger partial charge in [-0.3, -0.25) is 4.79 Å². The second kappa shape index (κ2) is 7.72. The maximum Gasteiger partial charge on any atom is 0.235 e. The predicted octanol–water partition coefficient (Wildman–Crippen LogP) is 4.74. The zero-order chi connectivity index (χ0) is 19.7. The lowest BCUT2D eigenvalue weighted by Crippen LogP contribution is -2.15. The number of hydrogen-bond acceptors (Lipinski definition) is 4. The van der Waals surface area contributed by atoms with Crippen LogP contribution in [0.4, 0.5) is 5.82 Å². The van der Waals surface area contributed by atoms with Gasteiger partial charge < -0.3 is 10.1 Å². The molecule has 0 saturated carbocycles. The minimum Gasteiger partial charge on any atom is -0.491 e. The Hall–Kier alpha value is -2.73. The topological polar surface area (TPSA) is 56.2 Å². The normalized spacial score (nSPS) is 16.4. The Morgan fingerprint density at radius 2 is 1.86 bits per heavy atom. The highest BCUT2D eigenvalue weighted by atomic mass is 32.2. The fraction of sp³-hybridized carbons (Fsp3) is 0.273. The van der Waals surface area contributed by atoms with E-state index in [9.17, 15) is 4.79 Å². The van der Waals surface area contributed by atoms with E-state index in [-0.39, 0.29) is 17.3 Å². The summed E-state index contributed by atoms with van der Waals surface area (Å²) in [5.74, 6) is 1.95. The number of carbonyl (C=O) groups excluding carboxylic acids is 1. The van der Waals surface area contributed by atoms with E-state index in [1.54, 1.807) is 11.8 Å². The second-order valence-electron chi connectivity index (χ2n) is 7.04. The van der Waals surface area contributed by atoms with E-state index in [0.29, 0.717) is 5.75 Å². The van der Waals surface area contributed by atoms with Crippen LogP contribution < -0.4 is 10.1 Å². The number of aromatic nitrogens is 2. The van der Waals surface area contributed by atoms with Gasteiger partial charge in [-0.2, -0.15) is 5.10 Å². The Kier molecular flexibility index (Phi) is 5.13. The molecule has 144 valence electrons. The number of nitrogens with zero attached hydrogens (tertiary/aromatic N) is 2. The predicted molar refractivity (Wildman–Crippen MR) is 113 cm³/mol. The van der Waals surface area contributed by atoms with Gasteiger partial charge in [-0.1, -0.05) is 36.4 Å². The largest absolute Gasteiger partial charge is 0.491 e. The number of benzene rings is 2. The van der Waals surface area contributed by atoms with Crippen LogP contribution in [-0.4, -0.2) is 27.5 Å². The lowest BCUT2D eigenvalue weighted by atomic mass is 10.0. The minimum absolute atomic E-state index is 0.0203. The zero-order valence-electron chi connectivity index (χ0n) is 16.2. The van der Waals surface area contributed by atoms with Crippen molar-refractivity contribution in [2.24, 2.45) is 0 Å². The summed E-state index contributed by atoms with van der Waals surface area (Å²) in [5, 5.41) is 7.78. The molecule has 5 nitrogen and oxygen atoms in total. The average Bonchev–Trinajstić information content (AvgIpc) is 2.89. The van der Waals surface area contributed by atoms with Gasteiger partial charge in [0.2, 0.25) is 5.91 Å². The van der Waals surface area contributed by atoms with Crippen molar-refractivity contribution in [3.63, 3.8) is 0 Å². The molecule has 1 aromatic heterocycles. The van der Waals surface area contributed by atoms with Crippen LogP contribution in [0.5, 0.6) is 5.75 Å². The maximum atomic E-state index is 12.5. The van der Waals surface area contributed by atoms with Crippen molar-refractivity contribution in [2.45, 2.75) is 32.1 Å². The van der Waals surface area contributed by atoms with E-state index in [1.807, 2.05) is 74.0 Å². The van der Waals surface area contributed by atoms with E-state index in [2.05, 4.69) is 11.4 Å². The molecule has 0 spiro atoms. The molecule has 1 aliphatic heterocycles. The van der Waals surface area contributed by atoms with E-state index in [0.717, 1.165) is 34.1 Å². The quantitative estimate of drug-likeness (QED) is 0.695. The highest BCUT2D eigenvalue weighted by Gasteiger charge is 2.32. The number of ether oxygens (including phenoxy) is 1. The summed E-state index contributed by atoms with van der Waals surface area (Å²) in [7, 11) is 0. The van der Waals surface area contributed by atoms with Crippen molar-refractivity contribution in [3.05, 3.63) is 71.4 Å². The first-order valence-corrected chi connectivity index (χ1v) is 10.4. The van der Waals surface area contributed by atoms with Gasteiger partial charge in [0.25, 0.3) is 0 Å². The van der Waals surface area contributed by atoms with Crippen molar-refractivity contribution in [1.29, 1.82) is 0 Å². The van der Waals surface area contributed by atoms with Crippen LogP contribution in [0.3, 0.4) is 0 Å². The minimum atomic E-state index is -0.0404. The van der Waals surface area contributed by atoms with Gasteiger partial charge >= 0.3 is 0 Å². The SMILES string of the molecule is Cc1nn(-c2ccccc2)c2c1[C@@H](c1ccccc1OC(C)C)SCC(=O)N2. The van der Waals surface area contributed by atoms with Crippen LogP contribution in [0.25, 0.3) is 5.69 Å². The Bertz CT molecular complexity index is 998. The molecule has 4 rings (SSSR count). The Labute approximate surface area is 169 Å². The number of aryl methyl sites for hydroxylation is 1. The molecule has 2 aromatic carbocycles. The second-order valence-corrected chi connectivity index (χ2v) is 8.13. The van der Waals surface area contributed by atoms with Crippen LogP contribution in [0.2, 0.25) is 0 Å². The van der Waals surface area contributed by atoms with Crippen LogP contribution in [-0.2, 0) is 4.79 Å². The van der Waals surface area contributed by atoms with E-state index >= 15 is 0 Å². The molecular formula is C22H23N3O2S. The van der Waals surface area contributed by atoms with Crippen molar-refractivity contribution in [1.82, 2.24) is 9.78 Å². The molecule has 0 aliphatic carbocycles. The lowest BCUT2D eigenvalue weighted by Gasteiger charge is -2.20. The zero-order valence-corrected chi connectivity index (χ0v) is 17.0. The molecule has 0 radical (unpaired) electrons. The molecule has 0 unspecified atom stereocenters. The molecule has 1 atom stereocenters. The number of nitrogens with one attached hydrogen (secondary N) is 1. The average molecular weight is 394 g/mol. The number of hydrogen-bond donors (Lipinski definition) is 1. The molecular weight excluding hydrogens is 370 g/mol. The number of carbonyl (C=O) groups is 1. The lowest BCUT2D eigenvalue weighted by molar-refractivity contribution is -0.113. The third-order valence-corrected chi connectivity index (χ3v) is 5.82. The van der Waals surface area contributed by atoms with Gasteiger partial charge in [-0.05, 0) is 39.0 Å². The van der Waals surface area contributed by atoms with Crippen molar-refractivity contribution in [2.75, 3.05) is 11.1 Å². The first-order chi connectivity index (χ1) is 13.5. The summed E-state index contributed by atoms with van der Waals surface area (Å²) < 4.78 is 7.89. The maximum absolute atomic E-state index is 12.5. The van der Waals surface area contributed by atoms with Crippen LogP contribution in [0, 0.1) is 6.92 Å². The molecule has 0 saturated heterocycles. The number of anilines is 1. The molecule has 1 aliphatic rings. The molecule has 1 N–H and O–H groups in total. The van der Waals surface area contributed by atoms with Crippen LogP contribution in [0.15, 0.2) is 54.6 Å². The summed E-state index contributed by atoms with van der Waals surface area (Å²) in [4.78, 5) is 12.5. The Morgan fingerprint density at radius 3 is 2.61 bits per heavy atom. The summed E-state index contributed by atoms with van der Waals surface area (Å²) in [6, 6.07) is 17.9. The van der Waals surface area contributed by atoms with Crippen molar-refractivity contribution < 1.29 is 9.53 Å². The monoisotopic (exact) mass is 393 g/mol. The Balaban J connectivity index is 1.88. The fourth-order valence-corrected chi connectivity index (χ4v) is 4.66. The highest BCUT2D eigenvalue weighted by Crippen LogP contribution is 2.46. The molecule has 0 fully saturated rings. The molecule has 0 bridgehead atoms. The van der Waals surface area contributed by atoms with E-state index in [1.165, 1.54) is 0 Å². The van der Waals surface area contributed by atoms with Crippen molar-refractivity contribution in [3.8, 4) is 11.4 Å². The number of rotatable bonds is 4. The summed E-state index contributed by atoms with van der Waals surface area (Å²) in [5.41, 5.74) is 3.91. The summed E-state index contributed by atoms with van der Waals surface area (Å²) in [6.07, 6.45) is 0.0734. The van der Waals surface area contributed by atoms with Gasteiger partial charge in [0.05, 0.1) is 28.5 Å². The van der Waals surface area contributed by atoms with Gasteiger partial charge in [0, 0.05) is 11.1 Å². The number of fused-ring (bicyclic) bond motifs is 1. The van der Waals surface area contributed by atoms with Crippen molar-refractivity contribution >= 4 is 23.5 Å². The first kappa shape index (κ1) is 18.6. The Morgan fingerprint density at radius 1 is 1.14 bits per heavy atom. The van der Waals surface area contributed by atoms with Crippen LogP contribution in [0.1, 0.15) is 35.9 Å². The fourth-order valence-electron chi connectivity index (χ4n) is 3.44. The molecule has 2 heterocycles. The first-order valence-electron chi connectivity index (χ1n) is 9.36. The smallest absolute Gasteiger partial charge is 0.235 e. The van der Waals surface area contributed by atoms with Gasteiger partial charge in [0.15, 0.2) is 0 Å². The number of thioether (sulfide) groups is 1. The molecule has 6 heteroatoms. The van der Waals surface area contributed by atoms with Crippen LogP contribution >= 0.6 is 11.8 Å². The van der Waals surface area contributed by atoms with Gasteiger partial charge in [0.1, 0.15) is 11.6 Å². The highest BCUT2D eigenvalue weighted by molar-refractivity contribution is 8.00. The standard InChI is InChI=1S/C22H23N3O2S/c1-14(2)27-18-12-8-7-11-17(18)21-20-15(3)24-25(16-9-5-4-6-10-16)22(20)23-19(26)13-28-21/h4-12,14,21H,13H2,1-3H3,(H,23,26)/t21-/m1/s1. The number of amides is 1. The van der Waals surface area contributed by atoms with Gasteiger partial charge in [-0.15, -0.1) is 11.8 Å². The number of para-hydroxylation sites is 2. The molecule has 1 amide bonds. The molecule has 28 heavy (non-hydrogen) atoms. The van der Waals surface area contributed by atoms with Gasteiger partial charge in [-0.25, -0.2) is 4.68 Å². The summed E-state index contributed by atoms with van der Waals surface area (Å²) >= 11 is 1.61. The summed E-state index contributed by atoms with van der Waals surface area (Å²) in [6.45, 7) is 6.04. The van der Waals surface area contributed by atoms with E-state index in [4.69, 9.17) is 9.84 Å². The third-order valence-electron chi connectivity index (χ3n) is 4.57.